The third kappa shape index (κ3) is 6.85. The van der Waals surface area contributed by atoms with Crippen LogP contribution in [0.15, 0.2) is 66.9 Å². The highest BCUT2D eigenvalue weighted by molar-refractivity contribution is 5.74. The first-order valence-electron chi connectivity index (χ1n) is 11.3. The van der Waals surface area contributed by atoms with Gasteiger partial charge in [0.25, 0.3) is 0 Å². The van der Waals surface area contributed by atoms with E-state index in [4.69, 9.17) is 0 Å². The Morgan fingerprint density at radius 1 is 0.897 bits per heavy atom. The molecular formula is C25H20F9N3O2. The van der Waals surface area contributed by atoms with Crippen molar-refractivity contribution in [3.8, 4) is 5.75 Å². The molecule has 2 aromatic carbocycles. The van der Waals surface area contributed by atoms with Crippen molar-refractivity contribution in [2.75, 3.05) is 22.9 Å². The molecule has 1 aromatic heterocycles. The number of β-amino-alcohol motifs (C(OH)–C–C–N with tert-alkyl or cyclic N) is 1. The Bertz CT molecular complexity index is 1280. The van der Waals surface area contributed by atoms with Crippen LogP contribution in [0.1, 0.15) is 22.9 Å². The number of halogens is 9. The molecular weight excluding hydrogens is 545 g/mol. The maximum atomic E-state index is 13.3. The highest BCUT2D eigenvalue weighted by atomic mass is 19.4. The van der Waals surface area contributed by atoms with Crippen molar-refractivity contribution in [3.63, 3.8) is 0 Å². The van der Waals surface area contributed by atoms with Crippen LogP contribution < -0.4 is 14.5 Å². The molecule has 0 saturated carbocycles. The first-order valence-corrected chi connectivity index (χ1v) is 11.3. The summed E-state index contributed by atoms with van der Waals surface area (Å²) >= 11 is 0. The number of para-hydroxylation sites is 2. The molecule has 0 amide bonds. The van der Waals surface area contributed by atoms with Crippen LogP contribution in [0.4, 0.5) is 50.9 Å². The topological polar surface area (TPSA) is 48.8 Å². The molecule has 1 aliphatic heterocycles. The lowest BCUT2D eigenvalue weighted by molar-refractivity contribution is -0.274. The van der Waals surface area contributed by atoms with E-state index in [2.05, 4.69) is 9.72 Å². The summed E-state index contributed by atoms with van der Waals surface area (Å²) in [6.45, 7) is -1.01. The quantitative estimate of drug-likeness (QED) is 0.347. The maximum Gasteiger partial charge on any atom is 0.573 e. The molecule has 1 aliphatic rings. The molecule has 39 heavy (non-hydrogen) atoms. The van der Waals surface area contributed by atoms with Gasteiger partial charge in [0.1, 0.15) is 11.4 Å². The number of anilines is 2. The second-order valence-corrected chi connectivity index (χ2v) is 8.76. The van der Waals surface area contributed by atoms with Gasteiger partial charge >= 0.3 is 18.7 Å². The molecule has 5 nitrogen and oxygen atoms in total. The van der Waals surface area contributed by atoms with Gasteiger partial charge in [0.15, 0.2) is 6.10 Å². The van der Waals surface area contributed by atoms with Crippen LogP contribution >= 0.6 is 0 Å². The molecule has 0 saturated heterocycles. The molecule has 0 fully saturated rings. The molecule has 2 heterocycles. The summed E-state index contributed by atoms with van der Waals surface area (Å²) in [4.78, 5) is 6.32. The van der Waals surface area contributed by atoms with E-state index in [1.807, 2.05) is 0 Å². The molecule has 0 aliphatic carbocycles. The molecule has 3 aromatic rings. The lowest BCUT2D eigenvalue weighted by atomic mass is 9.99. The first-order chi connectivity index (χ1) is 18.1. The summed E-state index contributed by atoms with van der Waals surface area (Å²) in [6.07, 6.45) is -16.5. The van der Waals surface area contributed by atoms with Crippen molar-refractivity contribution in [2.45, 2.75) is 37.4 Å². The van der Waals surface area contributed by atoms with E-state index < -0.39 is 48.8 Å². The van der Waals surface area contributed by atoms with Crippen LogP contribution in [-0.4, -0.2) is 41.8 Å². The van der Waals surface area contributed by atoms with Crippen LogP contribution in [0.5, 0.6) is 5.75 Å². The maximum absolute atomic E-state index is 13.3. The Morgan fingerprint density at radius 3 is 2.18 bits per heavy atom. The smallest absolute Gasteiger partial charge is 0.406 e. The van der Waals surface area contributed by atoms with Crippen molar-refractivity contribution in [2.24, 2.45) is 0 Å². The number of fused-ring (bicyclic) bond motifs is 1. The summed E-state index contributed by atoms with van der Waals surface area (Å²) in [7, 11) is 0. The van der Waals surface area contributed by atoms with Gasteiger partial charge < -0.3 is 19.6 Å². The van der Waals surface area contributed by atoms with E-state index in [0.717, 1.165) is 24.4 Å². The van der Waals surface area contributed by atoms with E-state index in [9.17, 15) is 44.6 Å². The SMILES string of the molecule is O[C@H](CN1c2ccccc2N(Cc2cccc(OC(F)(F)F)c2)CC1c1ccc(C(F)(F)F)nc1)C(F)(F)F. The van der Waals surface area contributed by atoms with Crippen LogP contribution in [-0.2, 0) is 12.7 Å². The number of ether oxygens (including phenoxy) is 1. The Hall–Kier alpha value is -3.68. The Morgan fingerprint density at radius 2 is 1.59 bits per heavy atom. The minimum atomic E-state index is -4.96. The molecule has 1 unspecified atom stereocenters. The molecule has 2 atom stereocenters. The summed E-state index contributed by atoms with van der Waals surface area (Å²) in [6, 6.07) is 12.1. The molecule has 0 bridgehead atoms. The lowest BCUT2D eigenvalue weighted by Crippen LogP contribution is -2.49. The van der Waals surface area contributed by atoms with E-state index in [0.29, 0.717) is 17.3 Å². The van der Waals surface area contributed by atoms with Gasteiger partial charge in [-0.25, -0.2) is 0 Å². The van der Waals surface area contributed by atoms with Gasteiger partial charge in [0, 0.05) is 19.3 Å². The summed E-state index contributed by atoms with van der Waals surface area (Å²) in [5, 5.41) is 9.85. The number of pyridine rings is 1. The Kier molecular flexibility index (Phi) is 7.61. The zero-order chi connectivity index (χ0) is 28.6. The molecule has 0 radical (unpaired) electrons. The number of aliphatic hydroxyl groups is 1. The molecule has 4 rings (SSSR count). The Labute approximate surface area is 216 Å². The average molecular weight is 565 g/mol. The van der Waals surface area contributed by atoms with E-state index in [1.54, 1.807) is 17.0 Å². The van der Waals surface area contributed by atoms with Crippen molar-refractivity contribution in [3.05, 3.63) is 83.7 Å². The number of hydrogen-bond acceptors (Lipinski definition) is 5. The largest absolute Gasteiger partial charge is 0.573 e. The van der Waals surface area contributed by atoms with Gasteiger partial charge in [0.2, 0.25) is 0 Å². The third-order valence-electron chi connectivity index (χ3n) is 6.02. The summed E-state index contributed by atoms with van der Waals surface area (Å²) < 4.78 is 121. The standard InChI is InChI=1S/C25H20F9N3O2/c26-23(27,28)21-9-8-16(11-35-21)20-13-36(12-15-4-3-5-17(10-15)39-25(32,33)34)18-6-1-2-7-19(18)37(20)14-22(38)24(29,30)31/h1-11,20,22,38H,12-14H2/t20?,22-/m1/s1. The fourth-order valence-corrected chi connectivity index (χ4v) is 4.33. The molecule has 210 valence electrons. The van der Waals surface area contributed by atoms with Crippen molar-refractivity contribution >= 4 is 11.4 Å². The fourth-order valence-electron chi connectivity index (χ4n) is 4.33. The zero-order valence-corrected chi connectivity index (χ0v) is 19.7. The third-order valence-corrected chi connectivity index (χ3v) is 6.02. The predicted molar refractivity (Wildman–Crippen MR) is 122 cm³/mol. The van der Waals surface area contributed by atoms with Gasteiger partial charge in [-0.15, -0.1) is 13.2 Å². The van der Waals surface area contributed by atoms with Crippen LogP contribution in [0.3, 0.4) is 0 Å². The number of alkyl halides is 9. The van der Waals surface area contributed by atoms with E-state index >= 15 is 0 Å². The average Bonchev–Trinajstić information content (AvgIpc) is 2.83. The highest BCUT2D eigenvalue weighted by Gasteiger charge is 2.43. The predicted octanol–water partition coefficient (Wildman–Crippen LogP) is 6.49. The van der Waals surface area contributed by atoms with E-state index in [1.165, 1.54) is 29.2 Å². The number of hydrogen-bond donors (Lipinski definition) is 1. The monoisotopic (exact) mass is 565 g/mol. The molecule has 1 N–H and O–H groups in total. The summed E-state index contributed by atoms with van der Waals surface area (Å²) in [5.74, 6) is -0.469. The summed E-state index contributed by atoms with van der Waals surface area (Å²) in [5.41, 5.74) is -0.0295. The molecule has 0 spiro atoms. The number of nitrogens with zero attached hydrogens (tertiary/aromatic N) is 3. The van der Waals surface area contributed by atoms with Gasteiger partial charge in [-0.3, -0.25) is 4.98 Å². The minimum absolute atomic E-state index is 0.00764. The number of rotatable bonds is 6. The number of benzene rings is 2. The van der Waals surface area contributed by atoms with Gasteiger partial charge in [-0.2, -0.15) is 26.3 Å². The van der Waals surface area contributed by atoms with Crippen LogP contribution in [0.25, 0.3) is 0 Å². The van der Waals surface area contributed by atoms with Crippen LogP contribution in [0, 0.1) is 0 Å². The van der Waals surface area contributed by atoms with Crippen molar-refractivity contribution < 1.29 is 49.4 Å². The van der Waals surface area contributed by atoms with Gasteiger partial charge in [-0.1, -0.05) is 30.3 Å². The highest BCUT2D eigenvalue weighted by Crippen LogP contribution is 2.43. The lowest BCUT2D eigenvalue weighted by Gasteiger charge is -2.45. The van der Waals surface area contributed by atoms with Crippen molar-refractivity contribution in [1.82, 2.24) is 4.98 Å². The minimum Gasteiger partial charge on any atom is -0.406 e. The van der Waals surface area contributed by atoms with E-state index in [-0.39, 0.29) is 24.3 Å². The second-order valence-electron chi connectivity index (χ2n) is 8.76. The fraction of sp³-hybridized carbons (Fsp3) is 0.320. The van der Waals surface area contributed by atoms with Crippen LogP contribution in [0.2, 0.25) is 0 Å². The van der Waals surface area contributed by atoms with Gasteiger partial charge in [-0.05, 0) is 41.5 Å². The van der Waals surface area contributed by atoms with Gasteiger partial charge in [0.05, 0.1) is 24.0 Å². The first kappa shape index (κ1) is 28.3. The number of aliphatic hydroxyl groups excluding tert-OH is 1. The normalized spacial score (nSPS) is 17.1. The second kappa shape index (κ2) is 10.5. The Balaban J connectivity index is 1.73. The number of aromatic nitrogens is 1. The molecule has 14 heteroatoms. The van der Waals surface area contributed by atoms with Crippen molar-refractivity contribution in [1.29, 1.82) is 0 Å². The zero-order valence-electron chi connectivity index (χ0n) is 19.7.